The van der Waals surface area contributed by atoms with Crippen LogP contribution in [0, 0.1) is 11.8 Å². The molecule has 120 valence electrons. The molecule has 0 aliphatic heterocycles. The van der Waals surface area contributed by atoms with Crippen LogP contribution in [0.3, 0.4) is 0 Å². The van der Waals surface area contributed by atoms with Gasteiger partial charge in [0.2, 0.25) is 0 Å². The van der Waals surface area contributed by atoms with Crippen LogP contribution in [0.1, 0.15) is 63.0 Å². The Labute approximate surface area is 135 Å². The summed E-state index contributed by atoms with van der Waals surface area (Å²) in [4.78, 5) is 7.58. The average Bonchev–Trinajstić information content (AvgIpc) is 3.12. The second-order valence-electron chi connectivity index (χ2n) is 7.49. The van der Waals surface area contributed by atoms with Crippen LogP contribution in [-0.4, -0.2) is 24.8 Å². The number of hydrogen-bond donors (Lipinski definition) is 1. The fraction of sp³-hybridized carbons (Fsp3) is 0.611. The molecule has 2 fully saturated rings. The molecular formula is C18H23N5. The Kier molecular flexibility index (Phi) is 3.13. The lowest BCUT2D eigenvalue weighted by atomic mass is 9.78. The number of fused-ring (bicyclic) bond motifs is 3. The summed E-state index contributed by atoms with van der Waals surface area (Å²) in [6.07, 6.45) is 14.9. The minimum absolute atomic E-state index is 0.560. The molecule has 2 aliphatic rings. The quantitative estimate of drug-likeness (QED) is 0.790. The molecule has 3 aromatic heterocycles. The van der Waals surface area contributed by atoms with Crippen LogP contribution in [0.15, 0.2) is 18.6 Å². The van der Waals surface area contributed by atoms with Gasteiger partial charge in [-0.1, -0.05) is 30.9 Å². The molecule has 0 unspecified atom stereocenters. The van der Waals surface area contributed by atoms with Crippen molar-refractivity contribution in [3.8, 4) is 0 Å². The van der Waals surface area contributed by atoms with E-state index in [4.69, 9.17) is 0 Å². The van der Waals surface area contributed by atoms with E-state index in [-0.39, 0.29) is 0 Å². The molecule has 0 bridgehead atoms. The van der Waals surface area contributed by atoms with Crippen LogP contribution < -0.4 is 0 Å². The van der Waals surface area contributed by atoms with E-state index in [0.29, 0.717) is 5.92 Å². The SMILES string of the molecule is c1cc2c(ncn3nnc(C4CCC(CCC5CC5)CC4)c23)[nH]1. The first-order chi connectivity index (χ1) is 11.4. The van der Waals surface area contributed by atoms with Gasteiger partial charge in [0.25, 0.3) is 0 Å². The van der Waals surface area contributed by atoms with E-state index in [0.717, 1.165) is 28.4 Å². The second kappa shape index (κ2) is 5.32. The molecule has 0 spiro atoms. The van der Waals surface area contributed by atoms with Crippen molar-refractivity contribution in [1.82, 2.24) is 24.8 Å². The van der Waals surface area contributed by atoms with Gasteiger partial charge >= 0.3 is 0 Å². The lowest BCUT2D eigenvalue weighted by Crippen LogP contribution is -2.14. The van der Waals surface area contributed by atoms with Crippen molar-refractivity contribution in [3.63, 3.8) is 0 Å². The van der Waals surface area contributed by atoms with Gasteiger partial charge in [-0.3, -0.25) is 0 Å². The van der Waals surface area contributed by atoms with Crippen molar-refractivity contribution in [2.24, 2.45) is 11.8 Å². The molecule has 3 aromatic rings. The van der Waals surface area contributed by atoms with Gasteiger partial charge in [-0.05, 0) is 43.6 Å². The zero-order chi connectivity index (χ0) is 15.2. The van der Waals surface area contributed by atoms with E-state index in [1.54, 1.807) is 6.33 Å². The summed E-state index contributed by atoms with van der Waals surface area (Å²) >= 11 is 0. The summed E-state index contributed by atoms with van der Waals surface area (Å²) in [6, 6.07) is 2.09. The summed E-state index contributed by atoms with van der Waals surface area (Å²) in [5.41, 5.74) is 3.26. The van der Waals surface area contributed by atoms with E-state index in [1.807, 2.05) is 10.7 Å². The number of aromatic nitrogens is 5. The van der Waals surface area contributed by atoms with Gasteiger partial charge in [0, 0.05) is 17.5 Å². The molecule has 2 saturated carbocycles. The van der Waals surface area contributed by atoms with Crippen molar-refractivity contribution in [1.29, 1.82) is 0 Å². The largest absolute Gasteiger partial charge is 0.346 e. The van der Waals surface area contributed by atoms with E-state index >= 15 is 0 Å². The van der Waals surface area contributed by atoms with Crippen LogP contribution in [-0.2, 0) is 0 Å². The molecule has 5 nitrogen and oxygen atoms in total. The average molecular weight is 309 g/mol. The molecule has 5 rings (SSSR count). The van der Waals surface area contributed by atoms with Crippen LogP contribution in [0.4, 0.5) is 0 Å². The van der Waals surface area contributed by atoms with Gasteiger partial charge in [-0.15, -0.1) is 5.10 Å². The minimum Gasteiger partial charge on any atom is -0.346 e. The Morgan fingerprint density at radius 1 is 1.04 bits per heavy atom. The fourth-order valence-corrected chi connectivity index (χ4v) is 4.30. The molecule has 2 aliphatic carbocycles. The van der Waals surface area contributed by atoms with Crippen LogP contribution in [0.5, 0.6) is 0 Å². The van der Waals surface area contributed by atoms with Gasteiger partial charge in [0.05, 0.1) is 5.69 Å². The highest BCUT2D eigenvalue weighted by molar-refractivity contribution is 5.92. The third-order valence-electron chi connectivity index (χ3n) is 5.91. The predicted octanol–water partition coefficient (Wildman–Crippen LogP) is 4.07. The normalized spacial score (nSPS) is 25.4. The maximum Gasteiger partial charge on any atom is 0.141 e. The molecule has 1 N–H and O–H groups in total. The summed E-state index contributed by atoms with van der Waals surface area (Å²) in [7, 11) is 0. The van der Waals surface area contributed by atoms with Gasteiger partial charge in [0.1, 0.15) is 17.5 Å². The summed E-state index contributed by atoms with van der Waals surface area (Å²) in [5.74, 6) is 2.58. The zero-order valence-electron chi connectivity index (χ0n) is 13.4. The zero-order valence-corrected chi connectivity index (χ0v) is 13.4. The highest BCUT2D eigenvalue weighted by Gasteiger charge is 2.28. The third-order valence-corrected chi connectivity index (χ3v) is 5.91. The number of rotatable bonds is 4. The second-order valence-corrected chi connectivity index (χ2v) is 7.49. The van der Waals surface area contributed by atoms with Crippen LogP contribution >= 0.6 is 0 Å². The number of nitrogens with one attached hydrogen (secondary N) is 1. The monoisotopic (exact) mass is 309 g/mol. The first-order valence-electron chi connectivity index (χ1n) is 9.05. The first-order valence-corrected chi connectivity index (χ1v) is 9.05. The standard InChI is InChI=1S/C18H23N5/c1-2-12(1)3-4-13-5-7-14(8-6-13)16-17-15-9-10-19-18(15)20-11-23(17)22-21-16/h9-14,19H,1-8H2. The van der Waals surface area contributed by atoms with Gasteiger partial charge < -0.3 is 4.98 Å². The molecule has 5 heteroatoms. The highest BCUT2D eigenvalue weighted by Crippen LogP contribution is 2.41. The van der Waals surface area contributed by atoms with Gasteiger partial charge in [-0.2, -0.15) is 0 Å². The minimum atomic E-state index is 0.560. The van der Waals surface area contributed by atoms with Crippen molar-refractivity contribution < 1.29 is 0 Å². The number of nitrogens with zero attached hydrogens (tertiary/aromatic N) is 4. The number of aromatic amines is 1. The van der Waals surface area contributed by atoms with Crippen molar-refractivity contribution in [2.45, 2.75) is 57.3 Å². The summed E-state index contributed by atoms with van der Waals surface area (Å²) in [5, 5.41) is 9.96. The maximum atomic E-state index is 4.52. The lowest BCUT2D eigenvalue weighted by molar-refractivity contribution is 0.299. The maximum absolute atomic E-state index is 4.52. The first kappa shape index (κ1) is 13.5. The molecule has 0 aromatic carbocycles. The fourth-order valence-electron chi connectivity index (χ4n) is 4.30. The molecule has 0 atom stereocenters. The number of H-pyrrole nitrogens is 1. The van der Waals surface area contributed by atoms with Crippen molar-refractivity contribution >= 4 is 16.6 Å². The summed E-state index contributed by atoms with van der Waals surface area (Å²) in [6.45, 7) is 0. The smallest absolute Gasteiger partial charge is 0.141 e. The Morgan fingerprint density at radius 3 is 2.52 bits per heavy atom. The molecule has 23 heavy (non-hydrogen) atoms. The highest BCUT2D eigenvalue weighted by atomic mass is 15.4. The van der Waals surface area contributed by atoms with Crippen LogP contribution in [0.2, 0.25) is 0 Å². The third kappa shape index (κ3) is 2.42. The Morgan fingerprint density at radius 2 is 1.78 bits per heavy atom. The molecule has 0 radical (unpaired) electrons. The van der Waals surface area contributed by atoms with E-state index in [9.17, 15) is 0 Å². The predicted molar refractivity (Wildman–Crippen MR) is 89.3 cm³/mol. The molecule has 0 saturated heterocycles. The van der Waals surface area contributed by atoms with Crippen molar-refractivity contribution in [2.75, 3.05) is 0 Å². The van der Waals surface area contributed by atoms with E-state index in [2.05, 4.69) is 26.3 Å². The van der Waals surface area contributed by atoms with Crippen LogP contribution in [0.25, 0.3) is 16.6 Å². The Hall–Kier alpha value is -1.91. The lowest BCUT2D eigenvalue weighted by Gasteiger charge is -2.27. The van der Waals surface area contributed by atoms with Gasteiger partial charge in [0.15, 0.2) is 0 Å². The molecular weight excluding hydrogens is 286 g/mol. The number of hydrogen-bond acceptors (Lipinski definition) is 3. The molecule has 3 heterocycles. The van der Waals surface area contributed by atoms with Gasteiger partial charge in [-0.25, -0.2) is 9.50 Å². The summed E-state index contributed by atoms with van der Waals surface area (Å²) < 4.78 is 1.84. The van der Waals surface area contributed by atoms with Crippen molar-refractivity contribution in [3.05, 3.63) is 24.3 Å². The van der Waals surface area contributed by atoms with E-state index < -0.39 is 0 Å². The topological polar surface area (TPSA) is 58.9 Å². The Balaban J connectivity index is 1.37. The van der Waals surface area contributed by atoms with E-state index in [1.165, 1.54) is 57.1 Å². The Bertz CT molecular complexity index is 820. The molecule has 0 amide bonds.